The summed E-state index contributed by atoms with van der Waals surface area (Å²) in [4.78, 5) is 0. The molecule has 4 heteroatoms. The summed E-state index contributed by atoms with van der Waals surface area (Å²) >= 11 is 0. The van der Waals surface area contributed by atoms with Crippen molar-refractivity contribution in [2.75, 3.05) is 0 Å². The summed E-state index contributed by atoms with van der Waals surface area (Å²) in [7, 11) is -3.10. The van der Waals surface area contributed by atoms with Crippen LogP contribution >= 0.6 is 0 Å². The zero-order valence-corrected chi connectivity index (χ0v) is 16.7. The van der Waals surface area contributed by atoms with E-state index >= 15 is 0 Å². The fourth-order valence-corrected chi connectivity index (χ4v) is 5.13. The molecule has 3 unspecified atom stereocenters. The maximum atomic E-state index is 6.54. The van der Waals surface area contributed by atoms with Crippen molar-refractivity contribution in [2.45, 2.75) is 84.6 Å². The Hall–Kier alpha value is 0.0938. The Morgan fingerprint density at radius 1 is 1.00 bits per heavy atom. The van der Waals surface area contributed by atoms with Crippen LogP contribution in [0, 0.1) is 5.92 Å². The maximum Gasteiger partial charge on any atom is 0.184 e. The molecule has 0 bridgehead atoms. The minimum Gasteiger partial charge on any atom is -0.412 e. The first-order valence-electron chi connectivity index (χ1n) is 7.99. The largest absolute Gasteiger partial charge is 0.412 e. The van der Waals surface area contributed by atoms with Crippen LogP contribution in [0.15, 0.2) is 11.6 Å². The lowest BCUT2D eigenvalue weighted by molar-refractivity contribution is 0.00709. The summed E-state index contributed by atoms with van der Waals surface area (Å²) in [6, 6.07) is 0. The highest BCUT2D eigenvalue weighted by Gasteiger charge is 2.35. The molecule has 118 valence electrons. The summed E-state index contributed by atoms with van der Waals surface area (Å²) in [5.74, 6) is 0.576. The molecule has 1 rings (SSSR count). The zero-order chi connectivity index (χ0) is 15.6. The van der Waals surface area contributed by atoms with E-state index in [1.165, 1.54) is 18.4 Å². The van der Waals surface area contributed by atoms with Crippen molar-refractivity contribution in [3.63, 3.8) is 0 Å². The molecule has 20 heavy (non-hydrogen) atoms. The van der Waals surface area contributed by atoms with Crippen molar-refractivity contribution in [3.8, 4) is 0 Å². The molecular formula is C16H34O2Si2. The SMILES string of the molecule is C/C1=C/CCC(C)C(O[Si](C)(C)C)C(O[Si](C)(C)C)C1. The van der Waals surface area contributed by atoms with Crippen molar-refractivity contribution in [1.82, 2.24) is 0 Å². The maximum absolute atomic E-state index is 6.54. The third-order valence-electron chi connectivity index (χ3n) is 3.56. The molecule has 0 aromatic carbocycles. The highest BCUT2D eigenvalue weighted by atomic mass is 28.4. The third-order valence-corrected chi connectivity index (χ3v) is 5.55. The first-order valence-corrected chi connectivity index (χ1v) is 14.8. The molecule has 0 radical (unpaired) electrons. The van der Waals surface area contributed by atoms with Gasteiger partial charge in [0.15, 0.2) is 16.6 Å². The van der Waals surface area contributed by atoms with Gasteiger partial charge in [-0.05, 0) is 71.4 Å². The Morgan fingerprint density at radius 3 is 2.05 bits per heavy atom. The average molecular weight is 315 g/mol. The van der Waals surface area contributed by atoms with Crippen molar-refractivity contribution in [2.24, 2.45) is 5.92 Å². The molecule has 0 N–H and O–H groups in total. The standard InChI is InChI=1S/C16H34O2Si2/c1-13-10-9-11-14(2)16(18-20(6,7)8)15(12-13)17-19(3,4)5/h10,14-16H,9,11-12H2,1-8H3/b13-10-. The fraction of sp³-hybridized carbons (Fsp3) is 0.875. The van der Waals surface area contributed by atoms with E-state index < -0.39 is 16.6 Å². The summed E-state index contributed by atoms with van der Waals surface area (Å²) in [6.45, 7) is 18.3. The van der Waals surface area contributed by atoms with Gasteiger partial charge in [0, 0.05) is 0 Å². The van der Waals surface area contributed by atoms with Gasteiger partial charge in [0.05, 0.1) is 12.2 Å². The van der Waals surface area contributed by atoms with Gasteiger partial charge in [0.25, 0.3) is 0 Å². The van der Waals surface area contributed by atoms with Crippen LogP contribution in [0.25, 0.3) is 0 Å². The summed E-state index contributed by atoms with van der Waals surface area (Å²) in [6.07, 6.45) is 6.30. The van der Waals surface area contributed by atoms with Gasteiger partial charge in [-0.15, -0.1) is 0 Å². The van der Waals surface area contributed by atoms with E-state index in [9.17, 15) is 0 Å². The first kappa shape index (κ1) is 18.1. The van der Waals surface area contributed by atoms with Gasteiger partial charge in [-0.1, -0.05) is 18.6 Å². The molecule has 0 aromatic rings. The van der Waals surface area contributed by atoms with Crippen molar-refractivity contribution in [3.05, 3.63) is 11.6 Å². The normalized spacial score (nSPS) is 32.2. The van der Waals surface area contributed by atoms with Crippen LogP contribution in [0.5, 0.6) is 0 Å². The molecule has 0 fully saturated rings. The second-order valence-electron chi connectivity index (χ2n) is 8.27. The number of hydrogen-bond acceptors (Lipinski definition) is 2. The van der Waals surface area contributed by atoms with Crippen LogP contribution in [0.1, 0.15) is 33.1 Å². The van der Waals surface area contributed by atoms with Crippen molar-refractivity contribution in [1.29, 1.82) is 0 Å². The first-order chi connectivity index (χ1) is 8.98. The monoisotopic (exact) mass is 314 g/mol. The van der Waals surface area contributed by atoms with E-state index in [-0.39, 0.29) is 12.2 Å². The van der Waals surface area contributed by atoms with Crippen LogP contribution in [0.3, 0.4) is 0 Å². The Balaban J connectivity index is 2.97. The molecule has 0 aliphatic heterocycles. The zero-order valence-electron chi connectivity index (χ0n) is 14.7. The van der Waals surface area contributed by atoms with Gasteiger partial charge < -0.3 is 8.85 Å². The minimum absolute atomic E-state index is 0.236. The summed E-state index contributed by atoms with van der Waals surface area (Å²) in [5.41, 5.74) is 1.46. The van der Waals surface area contributed by atoms with Gasteiger partial charge in [-0.3, -0.25) is 0 Å². The van der Waals surface area contributed by atoms with Crippen LogP contribution in [-0.4, -0.2) is 28.8 Å². The summed E-state index contributed by atoms with van der Waals surface area (Å²) < 4.78 is 13.1. The highest BCUT2D eigenvalue weighted by molar-refractivity contribution is 6.70. The van der Waals surface area contributed by atoms with Gasteiger partial charge in [-0.2, -0.15) is 0 Å². The molecular weight excluding hydrogens is 280 g/mol. The molecule has 0 amide bonds. The van der Waals surface area contributed by atoms with Gasteiger partial charge >= 0.3 is 0 Å². The lowest BCUT2D eigenvalue weighted by Crippen LogP contribution is -2.48. The molecule has 1 aliphatic carbocycles. The molecule has 0 aromatic heterocycles. The number of hydrogen-bond donors (Lipinski definition) is 0. The van der Waals surface area contributed by atoms with Crippen LogP contribution in [0.2, 0.25) is 39.3 Å². The molecule has 0 spiro atoms. The topological polar surface area (TPSA) is 18.5 Å². The molecule has 0 saturated carbocycles. The van der Waals surface area contributed by atoms with Gasteiger partial charge in [0.2, 0.25) is 0 Å². The van der Waals surface area contributed by atoms with Gasteiger partial charge in [0.1, 0.15) is 0 Å². The van der Waals surface area contributed by atoms with Crippen LogP contribution < -0.4 is 0 Å². The molecule has 0 saturated heterocycles. The Bertz CT molecular complexity index is 339. The minimum atomic E-state index is -1.55. The quantitative estimate of drug-likeness (QED) is 0.525. The Kier molecular flexibility index (Phi) is 6.26. The van der Waals surface area contributed by atoms with E-state index in [2.05, 4.69) is 59.2 Å². The summed E-state index contributed by atoms with van der Waals surface area (Å²) in [5, 5.41) is 0. The van der Waals surface area contributed by atoms with E-state index in [4.69, 9.17) is 8.85 Å². The fourth-order valence-electron chi connectivity index (χ4n) is 2.80. The van der Waals surface area contributed by atoms with Gasteiger partial charge in [-0.25, -0.2) is 0 Å². The third kappa shape index (κ3) is 6.70. The predicted octanol–water partition coefficient (Wildman–Crippen LogP) is 5.19. The second kappa shape index (κ2) is 6.90. The number of rotatable bonds is 4. The molecule has 3 atom stereocenters. The second-order valence-corrected chi connectivity index (χ2v) is 17.2. The lowest BCUT2D eigenvalue weighted by Gasteiger charge is -2.40. The van der Waals surface area contributed by atoms with Crippen LogP contribution in [-0.2, 0) is 8.85 Å². The number of allylic oxidation sites excluding steroid dienone is 1. The lowest BCUT2D eigenvalue weighted by atomic mass is 9.89. The van der Waals surface area contributed by atoms with E-state index in [0.717, 1.165) is 6.42 Å². The molecule has 0 heterocycles. The Labute approximate surface area is 128 Å². The predicted molar refractivity (Wildman–Crippen MR) is 93.2 cm³/mol. The van der Waals surface area contributed by atoms with E-state index in [1.54, 1.807) is 0 Å². The average Bonchev–Trinajstić information content (AvgIpc) is 2.20. The van der Waals surface area contributed by atoms with Crippen LogP contribution in [0.4, 0.5) is 0 Å². The highest BCUT2D eigenvalue weighted by Crippen LogP contribution is 2.30. The van der Waals surface area contributed by atoms with Crippen molar-refractivity contribution >= 4 is 16.6 Å². The van der Waals surface area contributed by atoms with Crippen molar-refractivity contribution < 1.29 is 8.85 Å². The molecule has 2 nitrogen and oxygen atoms in total. The Morgan fingerprint density at radius 2 is 1.55 bits per heavy atom. The molecule has 1 aliphatic rings. The van der Waals surface area contributed by atoms with E-state index in [1.807, 2.05) is 0 Å². The van der Waals surface area contributed by atoms with E-state index in [0.29, 0.717) is 5.92 Å². The smallest absolute Gasteiger partial charge is 0.184 e.